The van der Waals surface area contributed by atoms with E-state index in [4.69, 9.17) is 25.8 Å². The number of ether oxygens (including phenoxy) is 3. The van der Waals surface area contributed by atoms with Crippen LogP contribution in [0, 0.1) is 5.92 Å². The molecule has 0 spiro atoms. The van der Waals surface area contributed by atoms with Gasteiger partial charge in [0.2, 0.25) is 0 Å². The van der Waals surface area contributed by atoms with Crippen LogP contribution in [0.1, 0.15) is 18.4 Å². The SMILES string of the molecule is COc1ccc(CC(Cl)C2CCCOC2)cc1OC. The maximum absolute atomic E-state index is 6.51. The molecule has 19 heavy (non-hydrogen) atoms. The van der Waals surface area contributed by atoms with E-state index in [2.05, 4.69) is 0 Å². The van der Waals surface area contributed by atoms with Gasteiger partial charge in [0.1, 0.15) is 0 Å². The van der Waals surface area contributed by atoms with Gasteiger partial charge >= 0.3 is 0 Å². The molecule has 106 valence electrons. The largest absolute Gasteiger partial charge is 0.493 e. The van der Waals surface area contributed by atoms with Crippen molar-refractivity contribution < 1.29 is 14.2 Å². The summed E-state index contributed by atoms with van der Waals surface area (Å²) in [6.45, 7) is 1.65. The zero-order valence-corrected chi connectivity index (χ0v) is 12.3. The summed E-state index contributed by atoms with van der Waals surface area (Å²) in [7, 11) is 3.29. The van der Waals surface area contributed by atoms with Gasteiger partial charge in [0.25, 0.3) is 0 Å². The van der Waals surface area contributed by atoms with E-state index in [0.29, 0.717) is 5.92 Å². The third-order valence-corrected chi connectivity index (χ3v) is 4.10. The van der Waals surface area contributed by atoms with Crippen molar-refractivity contribution in [2.24, 2.45) is 5.92 Å². The van der Waals surface area contributed by atoms with E-state index < -0.39 is 0 Å². The molecule has 0 saturated carbocycles. The topological polar surface area (TPSA) is 27.7 Å². The van der Waals surface area contributed by atoms with Crippen LogP contribution in [0.3, 0.4) is 0 Å². The molecular weight excluding hydrogens is 264 g/mol. The predicted octanol–water partition coefficient (Wildman–Crippen LogP) is 3.28. The minimum absolute atomic E-state index is 0.110. The van der Waals surface area contributed by atoms with Crippen LogP contribution in [0.15, 0.2) is 18.2 Å². The summed E-state index contributed by atoms with van der Waals surface area (Å²) in [5.41, 5.74) is 1.17. The van der Waals surface area contributed by atoms with Gasteiger partial charge in [-0.2, -0.15) is 0 Å². The number of benzene rings is 1. The van der Waals surface area contributed by atoms with Crippen LogP contribution in [0.4, 0.5) is 0 Å². The Morgan fingerprint density at radius 2 is 2.11 bits per heavy atom. The second kappa shape index (κ2) is 7.01. The molecule has 4 heteroatoms. The standard InChI is InChI=1S/C15H21ClO3/c1-17-14-6-5-11(9-15(14)18-2)8-13(16)12-4-3-7-19-10-12/h5-6,9,12-13H,3-4,7-8,10H2,1-2H3. The van der Waals surface area contributed by atoms with Crippen molar-refractivity contribution in [1.29, 1.82) is 0 Å². The highest BCUT2D eigenvalue weighted by molar-refractivity contribution is 6.20. The lowest BCUT2D eigenvalue weighted by atomic mass is 9.94. The van der Waals surface area contributed by atoms with Crippen LogP contribution in [0.5, 0.6) is 11.5 Å². The number of rotatable bonds is 5. The number of hydrogen-bond donors (Lipinski definition) is 0. The lowest BCUT2D eigenvalue weighted by Crippen LogP contribution is -2.27. The van der Waals surface area contributed by atoms with Gasteiger partial charge in [-0.05, 0) is 42.9 Å². The van der Waals surface area contributed by atoms with Crippen LogP contribution >= 0.6 is 11.6 Å². The Morgan fingerprint density at radius 1 is 1.32 bits per heavy atom. The van der Waals surface area contributed by atoms with Gasteiger partial charge in [-0.25, -0.2) is 0 Å². The van der Waals surface area contributed by atoms with Gasteiger partial charge < -0.3 is 14.2 Å². The Bertz CT molecular complexity index is 402. The molecule has 1 fully saturated rings. The molecule has 1 heterocycles. The second-order valence-electron chi connectivity index (χ2n) is 4.89. The first-order chi connectivity index (χ1) is 9.24. The Kier molecular flexibility index (Phi) is 5.34. The molecule has 2 rings (SSSR count). The summed E-state index contributed by atoms with van der Waals surface area (Å²) in [5, 5.41) is 0.110. The molecule has 3 nitrogen and oxygen atoms in total. The molecule has 0 bridgehead atoms. The zero-order valence-electron chi connectivity index (χ0n) is 11.5. The Balaban J connectivity index is 2.01. The van der Waals surface area contributed by atoms with Gasteiger partial charge in [0, 0.05) is 12.0 Å². The van der Waals surface area contributed by atoms with Crippen molar-refractivity contribution in [2.75, 3.05) is 27.4 Å². The predicted molar refractivity (Wildman–Crippen MR) is 76.4 cm³/mol. The molecule has 0 aromatic heterocycles. The lowest BCUT2D eigenvalue weighted by Gasteiger charge is -2.26. The molecule has 1 aromatic carbocycles. The van der Waals surface area contributed by atoms with Gasteiger partial charge in [-0.15, -0.1) is 11.6 Å². The number of halogens is 1. The van der Waals surface area contributed by atoms with Crippen molar-refractivity contribution in [3.8, 4) is 11.5 Å². The molecule has 1 aliphatic rings. The van der Waals surface area contributed by atoms with Crippen molar-refractivity contribution in [3.05, 3.63) is 23.8 Å². The van der Waals surface area contributed by atoms with Crippen molar-refractivity contribution in [1.82, 2.24) is 0 Å². The fourth-order valence-electron chi connectivity index (χ4n) is 2.45. The maximum Gasteiger partial charge on any atom is 0.160 e. The van der Waals surface area contributed by atoms with Crippen LogP contribution in [0.25, 0.3) is 0 Å². The average molecular weight is 285 g/mol. The van der Waals surface area contributed by atoms with Gasteiger partial charge in [0.05, 0.1) is 20.8 Å². The average Bonchev–Trinajstić information content (AvgIpc) is 2.48. The first kappa shape index (κ1) is 14.5. The molecule has 1 saturated heterocycles. The van der Waals surface area contributed by atoms with E-state index in [1.54, 1.807) is 14.2 Å². The quantitative estimate of drug-likeness (QED) is 0.777. The van der Waals surface area contributed by atoms with E-state index >= 15 is 0 Å². The van der Waals surface area contributed by atoms with Crippen molar-refractivity contribution >= 4 is 11.6 Å². The van der Waals surface area contributed by atoms with Crippen LogP contribution in [0.2, 0.25) is 0 Å². The summed E-state index contributed by atoms with van der Waals surface area (Å²) in [6, 6.07) is 5.97. The number of hydrogen-bond acceptors (Lipinski definition) is 3. The van der Waals surface area contributed by atoms with Gasteiger partial charge in [-0.1, -0.05) is 6.07 Å². The van der Waals surface area contributed by atoms with Crippen LogP contribution in [-0.4, -0.2) is 32.8 Å². The summed E-state index contributed by atoms with van der Waals surface area (Å²) >= 11 is 6.51. The van der Waals surface area contributed by atoms with E-state index in [1.165, 1.54) is 5.56 Å². The highest BCUT2D eigenvalue weighted by atomic mass is 35.5. The summed E-state index contributed by atoms with van der Waals surface area (Å²) in [4.78, 5) is 0. The fourth-order valence-corrected chi connectivity index (χ4v) is 2.83. The Labute approximate surface area is 119 Å². The third-order valence-electron chi connectivity index (χ3n) is 3.59. The van der Waals surface area contributed by atoms with Crippen molar-refractivity contribution in [2.45, 2.75) is 24.6 Å². The van der Waals surface area contributed by atoms with E-state index in [9.17, 15) is 0 Å². The maximum atomic E-state index is 6.51. The minimum Gasteiger partial charge on any atom is -0.493 e. The Hall–Kier alpha value is -0.930. The fraction of sp³-hybridized carbons (Fsp3) is 0.600. The summed E-state index contributed by atoms with van der Waals surface area (Å²) in [6.07, 6.45) is 3.09. The molecule has 1 aromatic rings. The third kappa shape index (κ3) is 3.77. The summed E-state index contributed by atoms with van der Waals surface area (Å²) in [5.74, 6) is 1.95. The van der Waals surface area contributed by atoms with Gasteiger partial charge in [-0.3, -0.25) is 0 Å². The molecule has 2 atom stereocenters. The molecule has 2 unspecified atom stereocenters. The molecule has 0 radical (unpaired) electrons. The first-order valence-corrected chi connectivity index (χ1v) is 7.11. The number of methoxy groups -OCH3 is 2. The summed E-state index contributed by atoms with van der Waals surface area (Å²) < 4.78 is 16.0. The highest BCUT2D eigenvalue weighted by Gasteiger charge is 2.22. The lowest BCUT2D eigenvalue weighted by molar-refractivity contribution is 0.0533. The highest BCUT2D eigenvalue weighted by Crippen LogP contribution is 2.30. The van der Waals surface area contributed by atoms with Crippen molar-refractivity contribution in [3.63, 3.8) is 0 Å². The van der Waals surface area contributed by atoms with Crippen LogP contribution in [-0.2, 0) is 11.2 Å². The van der Waals surface area contributed by atoms with E-state index in [-0.39, 0.29) is 5.38 Å². The first-order valence-electron chi connectivity index (χ1n) is 6.67. The molecule has 0 amide bonds. The monoisotopic (exact) mass is 284 g/mol. The normalized spacial score (nSPS) is 20.9. The zero-order chi connectivity index (χ0) is 13.7. The smallest absolute Gasteiger partial charge is 0.160 e. The second-order valence-corrected chi connectivity index (χ2v) is 5.45. The molecular formula is C15H21ClO3. The molecule has 0 aliphatic carbocycles. The molecule has 1 aliphatic heterocycles. The van der Waals surface area contributed by atoms with Gasteiger partial charge in [0.15, 0.2) is 11.5 Å². The van der Waals surface area contributed by atoms with E-state index in [0.717, 1.165) is 44.0 Å². The number of alkyl halides is 1. The van der Waals surface area contributed by atoms with E-state index in [1.807, 2.05) is 18.2 Å². The molecule has 0 N–H and O–H groups in total. The van der Waals surface area contributed by atoms with Crippen LogP contribution < -0.4 is 9.47 Å². The minimum atomic E-state index is 0.110. The Morgan fingerprint density at radius 3 is 2.74 bits per heavy atom.